The summed E-state index contributed by atoms with van der Waals surface area (Å²) in [6.07, 6.45) is 4.35. The van der Waals surface area contributed by atoms with Crippen LogP contribution in [0.5, 0.6) is 11.5 Å². The number of carbonyl (C=O) groups is 1. The Morgan fingerprint density at radius 3 is 2.52 bits per heavy atom. The number of hydrogen-bond acceptors (Lipinski definition) is 5. The number of nitrogens with zero attached hydrogens (tertiary/aromatic N) is 2. The van der Waals surface area contributed by atoms with Crippen LogP contribution in [0.25, 0.3) is 0 Å². The lowest BCUT2D eigenvalue weighted by molar-refractivity contribution is -0.122. The van der Waals surface area contributed by atoms with Gasteiger partial charge in [-0.2, -0.15) is 0 Å². The van der Waals surface area contributed by atoms with Crippen LogP contribution in [0.1, 0.15) is 16.7 Å². The second-order valence-corrected chi connectivity index (χ2v) is 6.07. The van der Waals surface area contributed by atoms with Gasteiger partial charge in [-0.05, 0) is 47.4 Å². The van der Waals surface area contributed by atoms with E-state index in [1.165, 1.54) is 11.1 Å². The number of ether oxygens (including phenoxy) is 2. The molecule has 3 rings (SSSR count). The standard InChI is InChI=1S/C19H23N3O3/c1-24-17-9-15-5-8-22(12-16(15)10-18(17)25-2)13-19(23)21-11-14-3-6-20-7-4-14/h3-4,6-7,9-10H,5,8,11-13H2,1-2H3,(H,21,23). The Balaban J connectivity index is 1.58. The molecule has 1 aromatic carbocycles. The van der Waals surface area contributed by atoms with Crippen LogP contribution in [-0.2, 0) is 24.3 Å². The minimum absolute atomic E-state index is 0.0285. The van der Waals surface area contributed by atoms with E-state index in [0.717, 1.165) is 36.6 Å². The van der Waals surface area contributed by atoms with Crippen LogP contribution in [0, 0.1) is 0 Å². The van der Waals surface area contributed by atoms with E-state index >= 15 is 0 Å². The van der Waals surface area contributed by atoms with Gasteiger partial charge in [0, 0.05) is 32.0 Å². The highest BCUT2D eigenvalue weighted by atomic mass is 16.5. The lowest BCUT2D eigenvalue weighted by Gasteiger charge is -2.29. The highest BCUT2D eigenvalue weighted by molar-refractivity contribution is 5.78. The molecular formula is C19H23N3O3. The van der Waals surface area contributed by atoms with Gasteiger partial charge in [-0.1, -0.05) is 0 Å². The van der Waals surface area contributed by atoms with Crippen LogP contribution in [0.15, 0.2) is 36.7 Å². The molecule has 0 fully saturated rings. The number of pyridine rings is 1. The Bertz CT molecular complexity index is 734. The summed E-state index contributed by atoms with van der Waals surface area (Å²) in [6, 6.07) is 7.85. The SMILES string of the molecule is COc1cc2c(cc1OC)CN(CC(=O)NCc1ccncc1)CC2. The van der Waals surface area contributed by atoms with E-state index in [9.17, 15) is 4.79 Å². The first-order chi connectivity index (χ1) is 12.2. The molecule has 1 amide bonds. The van der Waals surface area contributed by atoms with Gasteiger partial charge < -0.3 is 14.8 Å². The molecule has 1 aromatic heterocycles. The Morgan fingerprint density at radius 1 is 1.16 bits per heavy atom. The molecular weight excluding hydrogens is 318 g/mol. The van der Waals surface area contributed by atoms with Gasteiger partial charge in [0.25, 0.3) is 0 Å². The molecule has 1 aliphatic heterocycles. The van der Waals surface area contributed by atoms with E-state index in [-0.39, 0.29) is 5.91 Å². The monoisotopic (exact) mass is 341 g/mol. The summed E-state index contributed by atoms with van der Waals surface area (Å²) in [4.78, 5) is 18.3. The molecule has 0 aliphatic carbocycles. The van der Waals surface area contributed by atoms with Gasteiger partial charge >= 0.3 is 0 Å². The summed E-state index contributed by atoms with van der Waals surface area (Å²) >= 11 is 0. The summed E-state index contributed by atoms with van der Waals surface area (Å²) in [7, 11) is 3.28. The topological polar surface area (TPSA) is 63.7 Å². The van der Waals surface area contributed by atoms with Crippen molar-refractivity contribution in [3.05, 3.63) is 53.3 Å². The first kappa shape index (κ1) is 17.2. The van der Waals surface area contributed by atoms with Crippen molar-refractivity contribution in [3.63, 3.8) is 0 Å². The second kappa shape index (κ2) is 7.98. The fourth-order valence-corrected chi connectivity index (χ4v) is 3.04. The van der Waals surface area contributed by atoms with Crippen LogP contribution >= 0.6 is 0 Å². The molecule has 2 heterocycles. The minimum atomic E-state index is 0.0285. The molecule has 0 saturated carbocycles. The number of amides is 1. The maximum Gasteiger partial charge on any atom is 0.234 e. The van der Waals surface area contributed by atoms with Crippen molar-refractivity contribution in [3.8, 4) is 11.5 Å². The Hall–Kier alpha value is -2.60. The molecule has 132 valence electrons. The number of hydrogen-bond donors (Lipinski definition) is 1. The molecule has 1 aliphatic rings. The summed E-state index contributed by atoms with van der Waals surface area (Å²) in [6.45, 7) is 2.50. The van der Waals surface area contributed by atoms with Crippen molar-refractivity contribution >= 4 is 5.91 Å². The first-order valence-corrected chi connectivity index (χ1v) is 8.31. The molecule has 0 bridgehead atoms. The number of aromatic nitrogens is 1. The lowest BCUT2D eigenvalue weighted by atomic mass is 9.99. The van der Waals surface area contributed by atoms with Gasteiger partial charge in [-0.15, -0.1) is 0 Å². The highest BCUT2D eigenvalue weighted by Crippen LogP contribution is 2.33. The molecule has 6 heteroatoms. The molecule has 0 spiro atoms. The normalized spacial score (nSPS) is 13.8. The third kappa shape index (κ3) is 4.28. The zero-order valence-corrected chi connectivity index (χ0v) is 14.6. The van der Waals surface area contributed by atoms with Crippen molar-refractivity contribution in [1.29, 1.82) is 0 Å². The Kier molecular flexibility index (Phi) is 5.50. The van der Waals surface area contributed by atoms with Crippen molar-refractivity contribution in [2.45, 2.75) is 19.5 Å². The molecule has 1 N–H and O–H groups in total. The van der Waals surface area contributed by atoms with Gasteiger partial charge in [0.05, 0.1) is 20.8 Å². The van der Waals surface area contributed by atoms with Crippen molar-refractivity contribution in [1.82, 2.24) is 15.2 Å². The highest BCUT2D eigenvalue weighted by Gasteiger charge is 2.20. The zero-order chi connectivity index (χ0) is 17.6. The molecule has 2 aromatic rings. The van der Waals surface area contributed by atoms with E-state index in [1.807, 2.05) is 24.3 Å². The molecule has 0 radical (unpaired) electrons. The predicted octanol–water partition coefficient (Wildman–Crippen LogP) is 1.77. The van der Waals surface area contributed by atoms with Crippen LogP contribution in [0.2, 0.25) is 0 Å². The minimum Gasteiger partial charge on any atom is -0.493 e. The number of carbonyl (C=O) groups excluding carboxylic acids is 1. The fraction of sp³-hybridized carbons (Fsp3) is 0.368. The maximum atomic E-state index is 12.2. The number of rotatable bonds is 6. The number of benzene rings is 1. The summed E-state index contributed by atoms with van der Waals surface area (Å²) in [5.41, 5.74) is 3.49. The maximum absolute atomic E-state index is 12.2. The van der Waals surface area contributed by atoms with E-state index in [1.54, 1.807) is 26.6 Å². The summed E-state index contributed by atoms with van der Waals surface area (Å²) < 4.78 is 10.7. The molecule has 6 nitrogen and oxygen atoms in total. The largest absolute Gasteiger partial charge is 0.493 e. The Morgan fingerprint density at radius 2 is 1.84 bits per heavy atom. The molecule has 0 unspecified atom stereocenters. The summed E-state index contributed by atoms with van der Waals surface area (Å²) in [5.74, 6) is 1.51. The average molecular weight is 341 g/mol. The van der Waals surface area contributed by atoms with Crippen LogP contribution in [0.4, 0.5) is 0 Å². The molecule has 0 atom stereocenters. The third-order valence-electron chi connectivity index (χ3n) is 4.40. The van der Waals surface area contributed by atoms with Crippen LogP contribution in [-0.4, -0.2) is 43.1 Å². The lowest BCUT2D eigenvalue weighted by Crippen LogP contribution is -2.39. The fourth-order valence-electron chi connectivity index (χ4n) is 3.04. The second-order valence-electron chi connectivity index (χ2n) is 6.07. The van der Waals surface area contributed by atoms with Gasteiger partial charge in [-0.25, -0.2) is 0 Å². The number of nitrogens with one attached hydrogen (secondary N) is 1. The van der Waals surface area contributed by atoms with Gasteiger partial charge in [-0.3, -0.25) is 14.7 Å². The van der Waals surface area contributed by atoms with E-state index in [2.05, 4.69) is 15.2 Å². The van der Waals surface area contributed by atoms with Crippen molar-refractivity contribution in [2.24, 2.45) is 0 Å². The molecule has 25 heavy (non-hydrogen) atoms. The van der Waals surface area contributed by atoms with Crippen LogP contribution < -0.4 is 14.8 Å². The van der Waals surface area contributed by atoms with E-state index in [4.69, 9.17) is 9.47 Å². The smallest absolute Gasteiger partial charge is 0.234 e. The van der Waals surface area contributed by atoms with E-state index < -0.39 is 0 Å². The van der Waals surface area contributed by atoms with Crippen molar-refractivity contribution < 1.29 is 14.3 Å². The molecule has 0 saturated heterocycles. The first-order valence-electron chi connectivity index (χ1n) is 8.31. The van der Waals surface area contributed by atoms with E-state index in [0.29, 0.717) is 13.1 Å². The average Bonchev–Trinajstić information content (AvgIpc) is 2.66. The van der Waals surface area contributed by atoms with Gasteiger partial charge in [0.2, 0.25) is 5.91 Å². The summed E-state index contributed by atoms with van der Waals surface area (Å²) in [5, 5.41) is 2.96. The Labute approximate surface area is 147 Å². The third-order valence-corrected chi connectivity index (χ3v) is 4.40. The number of fused-ring (bicyclic) bond motifs is 1. The zero-order valence-electron chi connectivity index (χ0n) is 14.6. The quantitative estimate of drug-likeness (QED) is 0.868. The van der Waals surface area contributed by atoms with Crippen LogP contribution in [0.3, 0.4) is 0 Å². The van der Waals surface area contributed by atoms with Crippen molar-refractivity contribution in [2.75, 3.05) is 27.3 Å². The van der Waals surface area contributed by atoms with Gasteiger partial charge in [0.1, 0.15) is 0 Å². The number of methoxy groups -OCH3 is 2. The van der Waals surface area contributed by atoms with Gasteiger partial charge in [0.15, 0.2) is 11.5 Å². The predicted molar refractivity (Wildman–Crippen MR) is 94.6 cm³/mol.